The quantitative estimate of drug-likeness (QED) is 0.120. The molecule has 1 aliphatic rings. The van der Waals surface area contributed by atoms with Gasteiger partial charge in [-0.05, 0) is 110 Å². The van der Waals surface area contributed by atoms with E-state index in [2.05, 4.69) is 101 Å². The molecule has 77 heavy (non-hydrogen) atoms. The molecule has 0 radical (unpaired) electrons. The molecule has 0 aromatic heterocycles. The number of anilines is 6. The van der Waals surface area contributed by atoms with E-state index >= 15 is 0 Å². The van der Waals surface area contributed by atoms with E-state index in [1.54, 1.807) is 0 Å². The van der Waals surface area contributed by atoms with Gasteiger partial charge in [-0.2, -0.15) is 0 Å². The molecule has 0 fully saturated rings. The summed E-state index contributed by atoms with van der Waals surface area (Å²) in [6.07, 6.45) is 0. The normalized spacial score (nSPS) is 13.6. The minimum absolute atomic E-state index is 0.0104. The third-order valence-corrected chi connectivity index (χ3v) is 14.9. The lowest BCUT2D eigenvalue weighted by atomic mass is 9.67. The standard InChI is InChI=1S/C73H50Cl2N2/c74-57-34-20-36-59(48-57)76(71-63(51-24-6-1-7-25-51)40-22-41-64(71)52-26-8-2-9-27-52)61-46-56(73(55-32-14-5-15-33-55)69-44-18-16-38-67(69)68-39-17-19-45-70(68)73)47-62(50-61)77(60-37-21-35-58(75)49-60)72-65(53-28-10-3-11-29-53)42-23-43-66(72)54-30-12-4-13-31-54/h1-50H/i16D,17D,18D,19D,38D,39D,44D,45D. The molecule has 0 spiro atoms. The molecule has 0 heterocycles. The van der Waals surface area contributed by atoms with Crippen LogP contribution in [-0.2, 0) is 5.41 Å². The molecule has 0 saturated heterocycles. The third-order valence-electron chi connectivity index (χ3n) is 14.4. The van der Waals surface area contributed by atoms with Crippen LogP contribution in [0.4, 0.5) is 34.1 Å². The van der Waals surface area contributed by atoms with Gasteiger partial charge in [0, 0.05) is 55.0 Å². The highest BCUT2D eigenvalue weighted by molar-refractivity contribution is 6.31. The minimum atomic E-state index is -1.88. The average molecular weight is 1030 g/mol. The van der Waals surface area contributed by atoms with E-state index in [9.17, 15) is 11.0 Å². The van der Waals surface area contributed by atoms with Crippen molar-refractivity contribution < 1.29 is 11.0 Å². The Balaban J connectivity index is 1.29. The Bertz CT molecular complexity index is 4170. The fraction of sp³-hybridized carbons (Fsp3) is 0.0137. The topological polar surface area (TPSA) is 6.48 Å². The number of nitrogens with zero attached hydrogens (tertiary/aromatic N) is 2. The highest BCUT2D eigenvalue weighted by Crippen LogP contribution is 2.59. The Morgan fingerprint density at radius 3 is 0.987 bits per heavy atom. The molecule has 4 heteroatoms. The molecule has 0 saturated carbocycles. The molecule has 2 nitrogen and oxygen atoms in total. The van der Waals surface area contributed by atoms with Crippen LogP contribution in [0.15, 0.2) is 303 Å². The van der Waals surface area contributed by atoms with Crippen LogP contribution in [0.3, 0.4) is 0 Å². The molecular formula is C73H50Cl2N2. The van der Waals surface area contributed by atoms with Crippen molar-refractivity contribution in [2.45, 2.75) is 5.41 Å². The highest BCUT2D eigenvalue weighted by atomic mass is 35.5. The number of halogens is 2. The summed E-state index contributed by atoms with van der Waals surface area (Å²) in [6.45, 7) is 0. The van der Waals surface area contributed by atoms with Crippen molar-refractivity contribution in [2.24, 2.45) is 0 Å². The molecule has 0 bridgehead atoms. The number of hydrogen-bond donors (Lipinski definition) is 0. The number of hydrogen-bond acceptors (Lipinski definition) is 2. The predicted molar refractivity (Wildman–Crippen MR) is 325 cm³/mol. The Morgan fingerprint density at radius 2 is 0.623 bits per heavy atom. The summed E-state index contributed by atoms with van der Waals surface area (Å²) < 4.78 is 77.3. The fourth-order valence-corrected chi connectivity index (χ4v) is 11.6. The van der Waals surface area contributed by atoms with E-state index in [1.165, 1.54) is 0 Å². The Hall–Kier alpha value is -9.18. The zero-order valence-corrected chi connectivity index (χ0v) is 42.9. The van der Waals surface area contributed by atoms with Crippen LogP contribution in [-0.4, -0.2) is 0 Å². The first-order valence-electron chi connectivity index (χ1n) is 29.4. The first-order chi connectivity index (χ1) is 41.4. The SMILES string of the molecule is [2H]c1c([2H])c([2H])c2c(c1[2H])-c1c([2H])c([2H])c([2H])c([2H])c1C2(c1ccccc1)c1cc(N(c2cccc(Cl)c2)c2c(-c3ccccc3)cccc2-c2ccccc2)cc(N(c2cccc(Cl)c2)c2c(-c3ccccc3)cccc2-c2ccccc2)c1. The van der Waals surface area contributed by atoms with E-state index in [-0.39, 0.29) is 34.3 Å². The van der Waals surface area contributed by atoms with E-state index in [0.29, 0.717) is 43.9 Å². The van der Waals surface area contributed by atoms with Crippen LogP contribution < -0.4 is 9.80 Å². The van der Waals surface area contributed by atoms with Crippen LogP contribution in [0.1, 0.15) is 33.2 Å². The summed E-state index contributed by atoms with van der Waals surface area (Å²) in [5.74, 6) is 0. The summed E-state index contributed by atoms with van der Waals surface area (Å²) in [5, 5.41) is 0.933. The van der Waals surface area contributed by atoms with Gasteiger partial charge in [0.25, 0.3) is 0 Å². The summed E-state index contributed by atoms with van der Waals surface area (Å²) in [4.78, 5) is 4.36. The van der Waals surface area contributed by atoms with Gasteiger partial charge in [-0.1, -0.05) is 272 Å². The molecule has 1 aliphatic carbocycles. The Morgan fingerprint density at radius 1 is 0.286 bits per heavy atom. The monoisotopic (exact) mass is 1030 g/mol. The van der Waals surface area contributed by atoms with Gasteiger partial charge < -0.3 is 9.80 Å². The molecule has 0 aliphatic heterocycles. The molecule has 0 atom stereocenters. The van der Waals surface area contributed by atoms with E-state index in [4.69, 9.17) is 23.2 Å². The van der Waals surface area contributed by atoms with E-state index in [0.717, 1.165) is 55.9 Å². The van der Waals surface area contributed by atoms with Crippen molar-refractivity contribution in [3.8, 4) is 55.6 Å². The summed E-state index contributed by atoms with van der Waals surface area (Å²) in [6, 6.07) is 80.1. The smallest absolute Gasteiger partial charge is 0.0715 e. The van der Waals surface area contributed by atoms with Crippen molar-refractivity contribution in [3.63, 3.8) is 0 Å². The van der Waals surface area contributed by atoms with Crippen LogP contribution in [0.2, 0.25) is 10.0 Å². The van der Waals surface area contributed by atoms with Gasteiger partial charge >= 0.3 is 0 Å². The molecular weight excluding hydrogens is 976 g/mol. The maximum atomic E-state index is 10.2. The zero-order valence-electron chi connectivity index (χ0n) is 49.4. The second-order valence-electron chi connectivity index (χ2n) is 18.9. The molecule has 13 rings (SSSR count). The number of rotatable bonds is 12. The van der Waals surface area contributed by atoms with Gasteiger partial charge in [0.05, 0.1) is 27.8 Å². The molecule has 12 aromatic carbocycles. The first kappa shape index (κ1) is 39.3. The summed E-state index contributed by atoms with van der Waals surface area (Å²) in [7, 11) is 0. The number of para-hydroxylation sites is 2. The van der Waals surface area contributed by atoms with Crippen molar-refractivity contribution in [3.05, 3.63) is 335 Å². The molecule has 12 aromatic rings. The van der Waals surface area contributed by atoms with Crippen LogP contribution in [0.5, 0.6) is 0 Å². The van der Waals surface area contributed by atoms with Crippen molar-refractivity contribution >= 4 is 57.3 Å². The lowest BCUT2D eigenvalue weighted by Crippen LogP contribution is -2.29. The van der Waals surface area contributed by atoms with Crippen LogP contribution in [0, 0.1) is 0 Å². The van der Waals surface area contributed by atoms with E-state index in [1.807, 2.05) is 164 Å². The maximum Gasteiger partial charge on any atom is 0.0715 e. The van der Waals surface area contributed by atoms with Gasteiger partial charge in [0.15, 0.2) is 0 Å². The first-order valence-corrected chi connectivity index (χ1v) is 26.1. The average Bonchev–Trinajstić information content (AvgIpc) is 1.60. The van der Waals surface area contributed by atoms with Crippen molar-refractivity contribution in [1.29, 1.82) is 0 Å². The number of benzene rings is 12. The van der Waals surface area contributed by atoms with Crippen LogP contribution in [0.25, 0.3) is 55.6 Å². The van der Waals surface area contributed by atoms with Gasteiger partial charge in [-0.25, -0.2) is 0 Å². The number of fused-ring (bicyclic) bond motifs is 3. The zero-order chi connectivity index (χ0) is 58.7. The van der Waals surface area contributed by atoms with Crippen LogP contribution >= 0.6 is 23.2 Å². The van der Waals surface area contributed by atoms with Crippen molar-refractivity contribution in [1.82, 2.24) is 0 Å². The largest absolute Gasteiger partial charge is 0.309 e. The molecule has 0 unspecified atom stereocenters. The van der Waals surface area contributed by atoms with Gasteiger partial charge in [0.1, 0.15) is 0 Å². The van der Waals surface area contributed by atoms with Gasteiger partial charge in [0.2, 0.25) is 0 Å². The second-order valence-corrected chi connectivity index (χ2v) is 19.7. The van der Waals surface area contributed by atoms with Gasteiger partial charge in [-0.15, -0.1) is 0 Å². The molecule has 366 valence electrons. The fourth-order valence-electron chi connectivity index (χ4n) is 11.2. The molecule has 0 amide bonds. The second kappa shape index (κ2) is 20.5. The lowest BCUT2D eigenvalue weighted by Gasteiger charge is -2.38. The minimum Gasteiger partial charge on any atom is -0.309 e. The van der Waals surface area contributed by atoms with E-state index < -0.39 is 41.7 Å². The predicted octanol–water partition coefficient (Wildman–Crippen LogP) is 21.0. The maximum absolute atomic E-state index is 10.2. The Kier molecular flexibility index (Phi) is 10.5. The lowest BCUT2D eigenvalue weighted by molar-refractivity contribution is 0.768. The van der Waals surface area contributed by atoms with Crippen molar-refractivity contribution in [2.75, 3.05) is 9.80 Å². The third kappa shape index (κ3) is 8.59. The highest BCUT2D eigenvalue weighted by Gasteiger charge is 2.47. The summed E-state index contributed by atoms with van der Waals surface area (Å²) >= 11 is 14.3. The summed E-state index contributed by atoms with van der Waals surface area (Å²) in [5.41, 5.74) is 10.4. The molecule has 0 N–H and O–H groups in total. The van der Waals surface area contributed by atoms with Gasteiger partial charge in [-0.3, -0.25) is 0 Å². The Labute approximate surface area is 472 Å².